The summed E-state index contributed by atoms with van der Waals surface area (Å²) in [6, 6.07) is 24.0. The number of benzene rings is 3. The molecule has 5 heteroatoms. The lowest BCUT2D eigenvalue weighted by Gasteiger charge is -2.23. The Labute approximate surface area is 144 Å². The Bertz CT molecular complexity index is 822. The number of hydrogen-bond acceptors (Lipinski definition) is 4. The maximum absolute atomic E-state index is 12.5. The minimum absolute atomic E-state index is 0.111. The van der Waals surface area contributed by atoms with E-state index in [0.29, 0.717) is 11.4 Å². The van der Waals surface area contributed by atoms with Crippen molar-refractivity contribution in [3.8, 4) is 0 Å². The second-order valence-corrected chi connectivity index (χ2v) is 5.23. The quantitative estimate of drug-likeness (QED) is 0.705. The Morgan fingerprint density at radius 2 is 1.12 bits per heavy atom. The fourth-order valence-corrected chi connectivity index (χ4v) is 2.27. The van der Waals surface area contributed by atoms with Gasteiger partial charge in [-0.05, 0) is 48.5 Å². The molecule has 1 N–H and O–H groups in total. The van der Waals surface area contributed by atoms with Crippen molar-refractivity contribution in [2.45, 2.75) is 0 Å². The van der Waals surface area contributed by atoms with Gasteiger partial charge in [-0.1, -0.05) is 36.4 Å². The summed E-state index contributed by atoms with van der Waals surface area (Å²) in [5, 5.41) is 10.4. The van der Waals surface area contributed by atoms with Gasteiger partial charge in [0.2, 0.25) is 0 Å². The Balaban J connectivity index is 1.87. The Hall–Kier alpha value is -3.60. The molecule has 0 bridgehead atoms. The molecule has 0 fully saturated rings. The van der Waals surface area contributed by atoms with Crippen molar-refractivity contribution in [1.82, 2.24) is 0 Å². The Morgan fingerprint density at radius 1 is 0.680 bits per heavy atom. The van der Waals surface area contributed by atoms with Gasteiger partial charge in [-0.2, -0.15) is 5.06 Å². The third-order valence-electron chi connectivity index (χ3n) is 3.52. The molecule has 0 spiro atoms. The van der Waals surface area contributed by atoms with Crippen molar-refractivity contribution in [1.29, 1.82) is 0 Å². The average molecular weight is 333 g/mol. The van der Waals surface area contributed by atoms with Crippen molar-refractivity contribution >= 4 is 23.3 Å². The molecular formula is C20H15NO4. The number of carboxylic acid groups (broad SMARTS) is 1. The highest BCUT2D eigenvalue weighted by Gasteiger charge is 2.17. The smallest absolute Gasteiger partial charge is 0.363 e. The van der Waals surface area contributed by atoms with E-state index in [4.69, 9.17) is 9.94 Å². The molecule has 0 aliphatic heterocycles. The molecule has 0 aliphatic rings. The molecule has 3 aromatic rings. The highest BCUT2D eigenvalue weighted by molar-refractivity contribution is 5.93. The van der Waals surface area contributed by atoms with Gasteiger partial charge in [0.1, 0.15) is 0 Å². The number of rotatable bonds is 5. The van der Waals surface area contributed by atoms with Crippen LogP contribution in [0, 0.1) is 0 Å². The molecule has 0 aliphatic carbocycles. The highest BCUT2D eigenvalue weighted by atomic mass is 16.7. The van der Waals surface area contributed by atoms with Gasteiger partial charge < -0.3 is 9.94 Å². The van der Waals surface area contributed by atoms with Gasteiger partial charge in [0.05, 0.1) is 22.5 Å². The second kappa shape index (κ2) is 7.31. The number of anilines is 2. The van der Waals surface area contributed by atoms with Gasteiger partial charge in [-0.15, -0.1) is 0 Å². The summed E-state index contributed by atoms with van der Waals surface area (Å²) in [6.07, 6.45) is 0. The lowest BCUT2D eigenvalue weighted by Crippen LogP contribution is -2.22. The summed E-state index contributed by atoms with van der Waals surface area (Å²) >= 11 is 0. The standard InChI is InChI=1S/C20H15NO4/c22-19(23)15-11-13-16(14-12-15)20(24)25-21(17-7-3-1-4-8-17)18-9-5-2-6-10-18/h1-14H,(H,22,23). The van der Waals surface area contributed by atoms with Crippen molar-refractivity contribution in [3.63, 3.8) is 0 Å². The number of aromatic carboxylic acids is 1. The summed E-state index contributed by atoms with van der Waals surface area (Å²) in [5.74, 6) is -1.63. The van der Waals surface area contributed by atoms with Crippen LogP contribution in [0.2, 0.25) is 0 Å². The van der Waals surface area contributed by atoms with Gasteiger partial charge in [0.15, 0.2) is 0 Å². The van der Waals surface area contributed by atoms with Gasteiger partial charge in [-0.25, -0.2) is 9.59 Å². The molecule has 0 unspecified atom stereocenters. The first-order chi connectivity index (χ1) is 12.1. The summed E-state index contributed by atoms with van der Waals surface area (Å²) in [7, 11) is 0. The normalized spacial score (nSPS) is 10.1. The van der Waals surface area contributed by atoms with Gasteiger partial charge in [-0.3, -0.25) is 0 Å². The first-order valence-corrected chi connectivity index (χ1v) is 7.61. The zero-order chi connectivity index (χ0) is 17.6. The van der Waals surface area contributed by atoms with Crippen LogP contribution in [0.25, 0.3) is 0 Å². The van der Waals surface area contributed by atoms with Crippen molar-refractivity contribution in [2.75, 3.05) is 5.06 Å². The fourth-order valence-electron chi connectivity index (χ4n) is 2.27. The summed E-state index contributed by atoms with van der Waals surface area (Å²) in [5.41, 5.74) is 1.77. The van der Waals surface area contributed by atoms with E-state index in [-0.39, 0.29) is 11.1 Å². The molecule has 0 heterocycles. The van der Waals surface area contributed by atoms with Crippen LogP contribution in [0.15, 0.2) is 84.9 Å². The fraction of sp³-hybridized carbons (Fsp3) is 0. The van der Waals surface area contributed by atoms with Crippen molar-refractivity contribution < 1.29 is 19.5 Å². The monoisotopic (exact) mass is 333 g/mol. The minimum atomic E-state index is -1.05. The molecule has 25 heavy (non-hydrogen) atoms. The number of carbonyl (C=O) groups excluding carboxylic acids is 1. The molecule has 0 radical (unpaired) electrons. The van der Waals surface area contributed by atoms with Gasteiger partial charge >= 0.3 is 11.9 Å². The zero-order valence-corrected chi connectivity index (χ0v) is 13.2. The topological polar surface area (TPSA) is 66.8 Å². The predicted octanol–water partition coefficient (Wildman–Crippen LogP) is 4.29. The SMILES string of the molecule is O=C(O)c1ccc(C(=O)ON(c2ccccc2)c2ccccc2)cc1. The van der Waals surface area contributed by atoms with E-state index in [9.17, 15) is 9.59 Å². The molecule has 0 saturated heterocycles. The molecule has 0 aromatic heterocycles. The zero-order valence-electron chi connectivity index (χ0n) is 13.2. The van der Waals surface area contributed by atoms with E-state index >= 15 is 0 Å². The highest BCUT2D eigenvalue weighted by Crippen LogP contribution is 2.26. The maximum Gasteiger partial charge on any atom is 0.363 e. The van der Waals surface area contributed by atoms with Gasteiger partial charge in [0, 0.05) is 0 Å². The van der Waals surface area contributed by atoms with Crippen LogP contribution in [0.1, 0.15) is 20.7 Å². The summed E-state index contributed by atoms with van der Waals surface area (Å²) < 4.78 is 0. The molecule has 0 saturated carbocycles. The van der Waals surface area contributed by atoms with Crippen LogP contribution in [0.3, 0.4) is 0 Å². The van der Waals surface area contributed by atoms with Crippen LogP contribution in [-0.4, -0.2) is 17.0 Å². The largest absolute Gasteiger partial charge is 0.478 e. The molecule has 3 aromatic carbocycles. The molecule has 0 amide bonds. The molecule has 3 rings (SSSR count). The molecule has 0 atom stereocenters. The third-order valence-corrected chi connectivity index (χ3v) is 3.52. The number of carbonyl (C=O) groups is 2. The van der Waals surface area contributed by atoms with E-state index in [1.54, 1.807) is 0 Å². The molecule has 5 nitrogen and oxygen atoms in total. The van der Waals surface area contributed by atoms with Crippen LogP contribution in [0.4, 0.5) is 11.4 Å². The summed E-state index contributed by atoms with van der Waals surface area (Å²) in [6.45, 7) is 0. The minimum Gasteiger partial charge on any atom is -0.478 e. The van der Waals surface area contributed by atoms with Crippen molar-refractivity contribution in [2.24, 2.45) is 0 Å². The maximum atomic E-state index is 12.5. The molecule has 124 valence electrons. The number of para-hydroxylation sites is 2. The third kappa shape index (κ3) is 3.84. The predicted molar refractivity (Wildman–Crippen MR) is 93.8 cm³/mol. The van der Waals surface area contributed by atoms with Crippen LogP contribution in [-0.2, 0) is 4.84 Å². The Morgan fingerprint density at radius 3 is 1.56 bits per heavy atom. The van der Waals surface area contributed by atoms with Crippen LogP contribution >= 0.6 is 0 Å². The number of hydrogen-bond donors (Lipinski definition) is 1. The Kier molecular flexibility index (Phi) is 4.76. The molecular weight excluding hydrogens is 318 g/mol. The van der Waals surface area contributed by atoms with Crippen molar-refractivity contribution in [3.05, 3.63) is 96.1 Å². The van der Waals surface area contributed by atoms with E-state index in [0.717, 1.165) is 0 Å². The number of carboxylic acids is 1. The number of nitrogens with zero attached hydrogens (tertiary/aromatic N) is 1. The lowest BCUT2D eigenvalue weighted by molar-refractivity contribution is 0.0503. The first kappa shape index (κ1) is 16.3. The van der Waals surface area contributed by atoms with E-state index in [1.807, 2.05) is 60.7 Å². The van der Waals surface area contributed by atoms with Crippen LogP contribution < -0.4 is 5.06 Å². The van der Waals surface area contributed by atoms with Crippen LogP contribution in [0.5, 0.6) is 0 Å². The first-order valence-electron chi connectivity index (χ1n) is 7.61. The van der Waals surface area contributed by atoms with Gasteiger partial charge in [0.25, 0.3) is 0 Å². The summed E-state index contributed by atoms with van der Waals surface area (Å²) in [4.78, 5) is 28.9. The van der Waals surface area contributed by atoms with E-state index in [2.05, 4.69) is 0 Å². The lowest BCUT2D eigenvalue weighted by atomic mass is 10.1. The average Bonchev–Trinajstić information content (AvgIpc) is 2.67. The second-order valence-electron chi connectivity index (χ2n) is 5.23. The van der Waals surface area contributed by atoms with E-state index in [1.165, 1.54) is 29.3 Å². The van der Waals surface area contributed by atoms with E-state index < -0.39 is 11.9 Å².